The van der Waals surface area contributed by atoms with Gasteiger partial charge in [0.2, 0.25) is 5.91 Å². The zero-order chi connectivity index (χ0) is 14.5. The predicted octanol–water partition coefficient (Wildman–Crippen LogP) is 0.709. The van der Waals surface area contributed by atoms with E-state index in [0.717, 1.165) is 12.1 Å². The Balaban J connectivity index is 1.95. The summed E-state index contributed by atoms with van der Waals surface area (Å²) in [5.74, 6) is -0.0369. The van der Waals surface area contributed by atoms with E-state index < -0.39 is 0 Å². The van der Waals surface area contributed by atoms with Crippen molar-refractivity contribution in [2.45, 2.75) is 25.8 Å². The van der Waals surface area contributed by atoms with Crippen LogP contribution in [0.15, 0.2) is 18.2 Å². The van der Waals surface area contributed by atoms with Crippen LogP contribution in [0.1, 0.15) is 30.1 Å². The molecule has 1 aromatic carbocycles. The lowest BCUT2D eigenvalue weighted by molar-refractivity contribution is -0.119. The van der Waals surface area contributed by atoms with Crippen molar-refractivity contribution in [3.8, 4) is 0 Å². The van der Waals surface area contributed by atoms with Gasteiger partial charge in [-0.2, -0.15) is 0 Å². The third-order valence-electron chi connectivity index (χ3n) is 3.27. The fourth-order valence-electron chi connectivity index (χ4n) is 2.19. The molecule has 1 atom stereocenters. The Hall–Kier alpha value is -2.24. The van der Waals surface area contributed by atoms with Gasteiger partial charge in [0.25, 0.3) is 5.91 Å². The maximum Gasteiger partial charge on any atom is 0.251 e. The zero-order valence-corrected chi connectivity index (χ0v) is 11.5. The molecule has 1 aliphatic heterocycles. The molecule has 108 valence electrons. The molecule has 1 aliphatic rings. The standard InChI is InChI=1S/C14H20N4O2/c1-2-16-14(20)9-3-5-12(11(15)7-9)17-8-10-4-6-13(19)18-10/h3,5,7,10,17H,2,4,6,8,15H2,1H3,(H,16,20)(H,18,19). The first kappa shape index (κ1) is 14.2. The molecule has 2 amide bonds. The van der Waals surface area contributed by atoms with Crippen LogP contribution in [0.2, 0.25) is 0 Å². The number of carbonyl (C=O) groups is 2. The van der Waals surface area contributed by atoms with Gasteiger partial charge in [-0.15, -0.1) is 0 Å². The Bertz CT molecular complexity index is 516. The molecule has 20 heavy (non-hydrogen) atoms. The third kappa shape index (κ3) is 3.40. The molecule has 6 nitrogen and oxygen atoms in total. The van der Waals surface area contributed by atoms with Gasteiger partial charge in [-0.05, 0) is 31.5 Å². The number of hydrogen-bond donors (Lipinski definition) is 4. The van der Waals surface area contributed by atoms with Gasteiger partial charge in [-0.25, -0.2) is 0 Å². The maximum atomic E-state index is 11.7. The van der Waals surface area contributed by atoms with Crippen LogP contribution in [0.3, 0.4) is 0 Å². The first-order valence-corrected chi connectivity index (χ1v) is 6.81. The monoisotopic (exact) mass is 276 g/mol. The number of hydrogen-bond acceptors (Lipinski definition) is 4. The van der Waals surface area contributed by atoms with Crippen molar-refractivity contribution >= 4 is 23.2 Å². The minimum Gasteiger partial charge on any atom is -0.397 e. The van der Waals surface area contributed by atoms with Crippen LogP contribution >= 0.6 is 0 Å². The Kier molecular flexibility index (Phi) is 4.45. The van der Waals surface area contributed by atoms with E-state index in [9.17, 15) is 9.59 Å². The lowest BCUT2D eigenvalue weighted by Crippen LogP contribution is -2.32. The molecule has 2 rings (SSSR count). The molecule has 1 fully saturated rings. The van der Waals surface area contributed by atoms with E-state index in [1.807, 2.05) is 6.92 Å². The van der Waals surface area contributed by atoms with Crippen molar-refractivity contribution in [1.82, 2.24) is 10.6 Å². The third-order valence-corrected chi connectivity index (χ3v) is 3.27. The van der Waals surface area contributed by atoms with Crippen LogP contribution in [0, 0.1) is 0 Å². The Labute approximate surface area is 118 Å². The summed E-state index contributed by atoms with van der Waals surface area (Å²) in [6, 6.07) is 5.32. The quantitative estimate of drug-likeness (QED) is 0.595. The van der Waals surface area contributed by atoms with E-state index in [1.54, 1.807) is 18.2 Å². The highest BCUT2D eigenvalue weighted by molar-refractivity contribution is 5.96. The highest BCUT2D eigenvalue weighted by Gasteiger charge is 2.20. The van der Waals surface area contributed by atoms with Gasteiger partial charge in [0.15, 0.2) is 0 Å². The molecule has 6 heteroatoms. The zero-order valence-electron chi connectivity index (χ0n) is 11.5. The summed E-state index contributed by atoms with van der Waals surface area (Å²) in [4.78, 5) is 22.8. The maximum absolute atomic E-state index is 11.7. The summed E-state index contributed by atoms with van der Waals surface area (Å²) in [7, 11) is 0. The van der Waals surface area contributed by atoms with Gasteiger partial charge >= 0.3 is 0 Å². The van der Waals surface area contributed by atoms with E-state index in [2.05, 4.69) is 16.0 Å². The Morgan fingerprint density at radius 2 is 2.30 bits per heavy atom. The summed E-state index contributed by atoms with van der Waals surface area (Å²) >= 11 is 0. The van der Waals surface area contributed by atoms with Crippen molar-refractivity contribution in [3.63, 3.8) is 0 Å². The fraction of sp³-hybridized carbons (Fsp3) is 0.429. The van der Waals surface area contributed by atoms with Gasteiger partial charge in [0, 0.05) is 31.1 Å². The second kappa shape index (κ2) is 6.27. The molecule has 0 aromatic heterocycles. The van der Waals surface area contributed by atoms with E-state index in [-0.39, 0.29) is 17.9 Å². The number of nitrogens with two attached hydrogens (primary N) is 1. The average Bonchev–Trinajstić information content (AvgIpc) is 2.83. The highest BCUT2D eigenvalue weighted by Crippen LogP contribution is 2.20. The number of carbonyl (C=O) groups excluding carboxylic acids is 2. The molecular weight excluding hydrogens is 256 g/mol. The van der Waals surface area contributed by atoms with Crippen molar-refractivity contribution in [2.24, 2.45) is 0 Å². The molecular formula is C14H20N4O2. The smallest absolute Gasteiger partial charge is 0.251 e. The van der Waals surface area contributed by atoms with Crippen LogP contribution in [-0.2, 0) is 4.79 Å². The first-order valence-electron chi connectivity index (χ1n) is 6.81. The van der Waals surface area contributed by atoms with E-state index in [4.69, 9.17) is 5.73 Å². The van der Waals surface area contributed by atoms with Crippen LogP contribution in [-0.4, -0.2) is 30.9 Å². The molecule has 1 heterocycles. The molecule has 0 radical (unpaired) electrons. The number of nitrogen functional groups attached to an aromatic ring is 1. The number of amides is 2. The summed E-state index contributed by atoms with van der Waals surface area (Å²) in [6.45, 7) is 3.09. The summed E-state index contributed by atoms with van der Waals surface area (Å²) in [5.41, 5.74) is 7.79. The highest BCUT2D eigenvalue weighted by atomic mass is 16.2. The van der Waals surface area contributed by atoms with Crippen molar-refractivity contribution in [2.75, 3.05) is 24.1 Å². The largest absolute Gasteiger partial charge is 0.397 e. The molecule has 0 bridgehead atoms. The number of rotatable bonds is 5. The average molecular weight is 276 g/mol. The van der Waals surface area contributed by atoms with Gasteiger partial charge in [-0.3, -0.25) is 9.59 Å². The van der Waals surface area contributed by atoms with E-state index in [1.165, 1.54) is 0 Å². The molecule has 0 saturated carbocycles. The van der Waals surface area contributed by atoms with E-state index >= 15 is 0 Å². The van der Waals surface area contributed by atoms with Gasteiger partial charge in [0.1, 0.15) is 0 Å². The minimum atomic E-state index is -0.131. The molecule has 1 saturated heterocycles. The second-order valence-corrected chi connectivity index (χ2v) is 4.85. The normalized spacial score (nSPS) is 17.6. The van der Waals surface area contributed by atoms with Gasteiger partial charge < -0.3 is 21.7 Å². The van der Waals surface area contributed by atoms with Crippen LogP contribution < -0.4 is 21.7 Å². The molecule has 0 aliphatic carbocycles. The van der Waals surface area contributed by atoms with Crippen molar-refractivity contribution in [1.29, 1.82) is 0 Å². The molecule has 1 aromatic rings. The molecule has 1 unspecified atom stereocenters. The topological polar surface area (TPSA) is 96.2 Å². The second-order valence-electron chi connectivity index (χ2n) is 4.85. The number of anilines is 2. The fourth-order valence-corrected chi connectivity index (χ4v) is 2.19. The summed E-state index contributed by atoms with van der Waals surface area (Å²) in [6.07, 6.45) is 1.42. The van der Waals surface area contributed by atoms with Gasteiger partial charge in [0.05, 0.1) is 11.4 Å². The number of nitrogens with one attached hydrogen (secondary N) is 3. The van der Waals surface area contributed by atoms with Crippen molar-refractivity contribution < 1.29 is 9.59 Å². The Morgan fingerprint density at radius 3 is 2.90 bits per heavy atom. The van der Waals surface area contributed by atoms with Gasteiger partial charge in [-0.1, -0.05) is 0 Å². The summed E-state index contributed by atoms with van der Waals surface area (Å²) < 4.78 is 0. The lowest BCUT2D eigenvalue weighted by atomic mass is 10.1. The Morgan fingerprint density at radius 1 is 1.50 bits per heavy atom. The minimum absolute atomic E-state index is 0.0938. The molecule has 5 N–H and O–H groups in total. The van der Waals surface area contributed by atoms with Crippen LogP contribution in [0.25, 0.3) is 0 Å². The lowest BCUT2D eigenvalue weighted by Gasteiger charge is -2.14. The van der Waals surface area contributed by atoms with Crippen LogP contribution in [0.5, 0.6) is 0 Å². The SMILES string of the molecule is CCNC(=O)c1ccc(NCC2CCC(=O)N2)c(N)c1. The van der Waals surface area contributed by atoms with Crippen LogP contribution in [0.4, 0.5) is 11.4 Å². The van der Waals surface area contributed by atoms with E-state index in [0.29, 0.717) is 30.8 Å². The predicted molar refractivity (Wildman–Crippen MR) is 78.5 cm³/mol. The molecule has 0 spiro atoms. The van der Waals surface area contributed by atoms with Crippen molar-refractivity contribution in [3.05, 3.63) is 23.8 Å². The first-order chi connectivity index (χ1) is 9.60. The summed E-state index contributed by atoms with van der Waals surface area (Å²) in [5, 5.41) is 8.81. The number of benzene rings is 1.